The smallest absolute Gasteiger partial charge is 0.0693 e. The highest BCUT2D eigenvalue weighted by Gasteiger charge is 1.99. The van der Waals surface area contributed by atoms with Crippen LogP contribution in [0.2, 0.25) is 0 Å². The van der Waals surface area contributed by atoms with Crippen LogP contribution < -0.4 is 5.32 Å². The van der Waals surface area contributed by atoms with Crippen LogP contribution in [0, 0.1) is 0 Å². The maximum Gasteiger partial charge on any atom is 0.0693 e. The van der Waals surface area contributed by atoms with Crippen LogP contribution in [0.5, 0.6) is 0 Å². The minimum Gasteiger partial charge on any atom is -0.380 e. The van der Waals surface area contributed by atoms with E-state index in [-0.39, 0.29) is 0 Å². The minimum atomic E-state index is 0.876. The van der Waals surface area contributed by atoms with Gasteiger partial charge >= 0.3 is 0 Å². The molecule has 0 aliphatic heterocycles. The second-order valence-corrected chi connectivity index (χ2v) is 4.26. The predicted molar refractivity (Wildman–Crippen MR) is 73.4 cm³/mol. The molecule has 0 spiro atoms. The van der Waals surface area contributed by atoms with Gasteiger partial charge in [0.25, 0.3) is 0 Å². The monoisotopic (exact) mass is 237 g/mol. The van der Waals surface area contributed by atoms with Crippen LogP contribution in [0.25, 0.3) is 0 Å². The molecule has 0 heterocycles. The number of hydrogen-bond donors (Lipinski definition) is 1. The number of rotatable bonds is 5. The van der Waals surface area contributed by atoms with Gasteiger partial charge in [-0.2, -0.15) is 0 Å². The average molecular weight is 237 g/mol. The van der Waals surface area contributed by atoms with Crippen molar-refractivity contribution in [1.82, 2.24) is 5.32 Å². The first-order chi connectivity index (χ1) is 7.27. The molecule has 0 saturated carbocycles. The third-order valence-electron chi connectivity index (χ3n) is 1.89. The molecule has 0 saturated heterocycles. The summed E-state index contributed by atoms with van der Waals surface area (Å²) in [5, 5.41) is 4.39. The van der Waals surface area contributed by atoms with Gasteiger partial charge in [-0.25, -0.2) is 0 Å². The fraction of sp³-hybridized carbons (Fsp3) is 0.250. The van der Waals surface area contributed by atoms with E-state index in [1.54, 1.807) is 11.8 Å². The predicted octanol–water partition coefficient (Wildman–Crippen LogP) is 3.22. The van der Waals surface area contributed by atoms with Crippen molar-refractivity contribution in [3.63, 3.8) is 0 Å². The van der Waals surface area contributed by atoms with Crippen molar-refractivity contribution in [3.05, 3.63) is 47.0 Å². The van der Waals surface area contributed by atoms with Crippen LogP contribution in [-0.4, -0.2) is 17.7 Å². The Morgan fingerprint density at radius 3 is 2.60 bits per heavy atom. The molecule has 80 valence electrons. The second-order valence-electron chi connectivity index (χ2n) is 2.97. The van der Waals surface area contributed by atoms with Gasteiger partial charge in [0.15, 0.2) is 0 Å². The van der Waals surface area contributed by atoms with E-state index in [2.05, 4.69) is 12.2 Å². The molecule has 0 fully saturated rings. The van der Waals surface area contributed by atoms with E-state index in [0.717, 1.165) is 22.0 Å². The van der Waals surface area contributed by atoms with Gasteiger partial charge in [-0.1, -0.05) is 42.5 Å². The molecule has 0 aliphatic carbocycles. The standard InChI is InChI=1S/C12H15NS2/c1-3-13-12(15-2)9-11(14)10-7-5-4-6-8-10/h4-9,13H,3H2,1-2H3. The van der Waals surface area contributed by atoms with Crippen molar-refractivity contribution < 1.29 is 0 Å². The summed E-state index contributed by atoms with van der Waals surface area (Å²) in [5.41, 5.74) is 1.09. The SMILES string of the molecule is CCNC(=CC(=S)c1ccccc1)SC. The highest BCUT2D eigenvalue weighted by Crippen LogP contribution is 2.10. The van der Waals surface area contributed by atoms with Crippen LogP contribution in [-0.2, 0) is 0 Å². The van der Waals surface area contributed by atoms with Crippen LogP contribution in [0.15, 0.2) is 41.4 Å². The molecule has 15 heavy (non-hydrogen) atoms. The molecule has 0 aliphatic rings. The quantitative estimate of drug-likeness (QED) is 0.480. The number of benzene rings is 1. The summed E-state index contributed by atoms with van der Waals surface area (Å²) in [6.07, 6.45) is 4.06. The van der Waals surface area contributed by atoms with Crippen LogP contribution in [0.3, 0.4) is 0 Å². The topological polar surface area (TPSA) is 12.0 Å². The average Bonchev–Trinajstić information content (AvgIpc) is 2.29. The molecular weight excluding hydrogens is 222 g/mol. The Morgan fingerprint density at radius 1 is 1.40 bits per heavy atom. The van der Waals surface area contributed by atoms with E-state index in [0.29, 0.717) is 0 Å². The highest BCUT2D eigenvalue weighted by atomic mass is 32.2. The first-order valence-corrected chi connectivity index (χ1v) is 6.50. The Labute approximate surface area is 101 Å². The van der Waals surface area contributed by atoms with Gasteiger partial charge in [0.05, 0.1) is 5.03 Å². The normalized spacial score (nSPS) is 11.2. The summed E-state index contributed by atoms with van der Waals surface area (Å²) in [6, 6.07) is 10.1. The molecule has 1 nitrogen and oxygen atoms in total. The Morgan fingerprint density at radius 2 is 2.07 bits per heavy atom. The van der Waals surface area contributed by atoms with Crippen LogP contribution in [0.4, 0.5) is 0 Å². The van der Waals surface area contributed by atoms with Crippen molar-refractivity contribution in [2.75, 3.05) is 12.8 Å². The molecule has 0 atom stereocenters. The van der Waals surface area contributed by atoms with Crippen LogP contribution >= 0.6 is 24.0 Å². The van der Waals surface area contributed by atoms with E-state index < -0.39 is 0 Å². The summed E-state index contributed by atoms with van der Waals surface area (Å²) in [6.45, 7) is 3.00. The molecule has 0 aromatic heterocycles. The van der Waals surface area contributed by atoms with Gasteiger partial charge < -0.3 is 5.32 Å². The van der Waals surface area contributed by atoms with Gasteiger partial charge in [-0.15, -0.1) is 11.8 Å². The number of thioether (sulfide) groups is 1. The lowest BCUT2D eigenvalue weighted by molar-refractivity contribution is 0.906. The highest BCUT2D eigenvalue weighted by molar-refractivity contribution is 8.02. The van der Waals surface area contributed by atoms with Gasteiger partial charge in [-0.3, -0.25) is 0 Å². The van der Waals surface area contributed by atoms with Gasteiger partial charge in [0.2, 0.25) is 0 Å². The number of allylic oxidation sites excluding steroid dienone is 1. The summed E-state index contributed by atoms with van der Waals surface area (Å²) in [4.78, 5) is 0.876. The summed E-state index contributed by atoms with van der Waals surface area (Å²) in [7, 11) is 0. The zero-order valence-corrected chi connectivity index (χ0v) is 10.6. The Bertz CT molecular complexity index is 344. The maximum atomic E-state index is 5.35. The molecule has 0 bridgehead atoms. The number of hydrogen-bond acceptors (Lipinski definition) is 3. The molecule has 3 heteroatoms. The number of nitrogens with one attached hydrogen (secondary N) is 1. The van der Waals surface area contributed by atoms with Crippen molar-refractivity contribution >= 4 is 28.8 Å². The van der Waals surface area contributed by atoms with E-state index >= 15 is 0 Å². The van der Waals surface area contributed by atoms with Crippen molar-refractivity contribution in [1.29, 1.82) is 0 Å². The fourth-order valence-electron chi connectivity index (χ4n) is 1.16. The van der Waals surface area contributed by atoms with Gasteiger partial charge in [-0.05, 0) is 24.8 Å². The molecule has 1 rings (SSSR count). The molecule has 0 unspecified atom stereocenters. The van der Waals surface area contributed by atoms with E-state index in [1.807, 2.05) is 42.7 Å². The molecule has 0 radical (unpaired) electrons. The van der Waals surface area contributed by atoms with Crippen molar-refractivity contribution in [3.8, 4) is 0 Å². The third-order valence-corrected chi connectivity index (χ3v) is 2.95. The lowest BCUT2D eigenvalue weighted by Crippen LogP contribution is -2.10. The Balaban J connectivity index is 2.77. The lowest BCUT2D eigenvalue weighted by Gasteiger charge is -2.06. The van der Waals surface area contributed by atoms with Crippen LogP contribution in [0.1, 0.15) is 12.5 Å². The summed E-state index contributed by atoms with van der Waals surface area (Å²) < 4.78 is 0. The Kier molecular flexibility index (Phi) is 5.43. The van der Waals surface area contributed by atoms with Crippen molar-refractivity contribution in [2.24, 2.45) is 0 Å². The van der Waals surface area contributed by atoms with E-state index in [9.17, 15) is 0 Å². The molecule has 0 amide bonds. The number of thiocarbonyl (C=S) groups is 1. The van der Waals surface area contributed by atoms with E-state index in [4.69, 9.17) is 12.2 Å². The molecule has 1 N–H and O–H groups in total. The summed E-state index contributed by atoms with van der Waals surface area (Å²) >= 11 is 7.03. The fourth-order valence-corrected chi connectivity index (χ4v) is 2.01. The van der Waals surface area contributed by atoms with Gasteiger partial charge in [0, 0.05) is 11.4 Å². The zero-order valence-electron chi connectivity index (χ0n) is 8.99. The van der Waals surface area contributed by atoms with Crippen molar-refractivity contribution in [2.45, 2.75) is 6.92 Å². The third kappa shape index (κ3) is 4.06. The Hall–Kier alpha value is -0.800. The first kappa shape index (κ1) is 12.3. The summed E-state index contributed by atoms with van der Waals surface area (Å²) in [5.74, 6) is 0. The van der Waals surface area contributed by atoms with E-state index in [1.165, 1.54) is 0 Å². The maximum absolute atomic E-state index is 5.35. The second kappa shape index (κ2) is 6.64. The van der Waals surface area contributed by atoms with Gasteiger partial charge in [0.1, 0.15) is 0 Å². The first-order valence-electron chi connectivity index (χ1n) is 4.87. The molecular formula is C12H15NS2. The largest absolute Gasteiger partial charge is 0.380 e. The lowest BCUT2D eigenvalue weighted by atomic mass is 10.1. The molecule has 1 aromatic rings. The zero-order chi connectivity index (χ0) is 11.1. The minimum absolute atomic E-state index is 0.876. The molecule has 1 aromatic carbocycles.